The number of nitrogen functional groups attached to an aromatic ring is 1. The summed E-state index contributed by atoms with van der Waals surface area (Å²) < 4.78 is 1.62. The maximum Gasteiger partial charge on any atom is 0.235 e. The average molecular weight is 86.1 g/mol. The van der Waals surface area contributed by atoms with E-state index in [2.05, 4.69) is 10.3 Å². The van der Waals surface area contributed by atoms with E-state index in [4.69, 9.17) is 5.73 Å². The number of rotatable bonds is 0. The molecule has 1 rings (SSSR count). The van der Waals surface area contributed by atoms with Gasteiger partial charge in [-0.05, 0) is 0 Å². The number of aromatic amines is 1. The second-order valence-electron chi connectivity index (χ2n) is 1.13. The molecule has 0 aromatic carbocycles. The van der Waals surface area contributed by atoms with E-state index in [9.17, 15) is 0 Å². The van der Waals surface area contributed by atoms with Crippen LogP contribution in [0.5, 0.6) is 0 Å². The largest absolute Gasteiger partial charge is 0.367 e. The minimum atomic E-state index is 0.537. The van der Waals surface area contributed by atoms with Crippen LogP contribution in [0.4, 0.5) is 5.95 Å². The highest BCUT2D eigenvalue weighted by Gasteiger charge is 1.88. The molecule has 4 heteroatoms. The lowest BCUT2D eigenvalue weighted by Gasteiger charge is -2.02. The van der Waals surface area contributed by atoms with Crippen molar-refractivity contribution in [3.63, 3.8) is 0 Å². The molecule has 1 aromatic rings. The molecule has 0 saturated carbocycles. The lowest BCUT2D eigenvalue weighted by Crippen LogP contribution is -2.14. The van der Waals surface area contributed by atoms with Crippen molar-refractivity contribution in [1.82, 2.24) is 15.0 Å². The molecular formula is C2H6N4. The molecule has 0 spiro atoms. The van der Waals surface area contributed by atoms with Gasteiger partial charge in [0.15, 0.2) is 0 Å². The minimum absolute atomic E-state index is 0.537. The molecule has 0 fully saturated rings. The Bertz CT molecular complexity index is 111. The van der Waals surface area contributed by atoms with Crippen molar-refractivity contribution in [2.24, 2.45) is 7.05 Å². The number of anilines is 1. The highest BCUT2D eigenvalue weighted by Crippen LogP contribution is 1.85. The molecule has 0 aliphatic heterocycles. The summed E-state index contributed by atoms with van der Waals surface area (Å²) in [6, 6.07) is 0. The van der Waals surface area contributed by atoms with Crippen LogP contribution in [0, 0.1) is 0 Å². The standard InChI is InChI=1S/C2H6N4/c1-6-2(3)4-5-6/h5H,1H3,(H2,3,4). The Balaban J connectivity index is 2.87. The molecule has 1 heterocycles. The van der Waals surface area contributed by atoms with Gasteiger partial charge in [-0.25, -0.2) is 9.90 Å². The van der Waals surface area contributed by atoms with Crippen LogP contribution in [0.15, 0.2) is 0 Å². The summed E-state index contributed by atoms with van der Waals surface area (Å²) in [7, 11) is 1.79. The third-order valence-electron chi connectivity index (χ3n) is 0.658. The van der Waals surface area contributed by atoms with Gasteiger partial charge in [0.25, 0.3) is 0 Å². The predicted molar refractivity (Wildman–Crippen MR) is 22.0 cm³/mol. The maximum atomic E-state index is 5.14. The van der Waals surface area contributed by atoms with E-state index in [1.54, 1.807) is 11.7 Å². The van der Waals surface area contributed by atoms with Crippen molar-refractivity contribution in [2.75, 3.05) is 5.73 Å². The Labute approximate surface area is 34.9 Å². The van der Waals surface area contributed by atoms with E-state index < -0.39 is 0 Å². The quantitative estimate of drug-likeness (QED) is 0.440. The second kappa shape index (κ2) is 0.767. The molecule has 34 valence electrons. The van der Waals surface area contributed by atoms with E-state index in [1.807, 2.05) is 0 Å². The van der Waals surface area contributed by atoms with Gasteiger partial charge in [-0.2, -0.15) is 0 Å². The Morgan fingerprint density at radius 2 is 2.50 bits per heavy atom. The van der Waals surface area contributed by atoms with Crippen LogP contribution in [0.1, 0.15) is 0 Å². The zero-order valence-corrected chi connectivity index (χ0v) is 3.47. The van der Waals surface area contributed by atoms with Crippen molar-refractivity contribution < 1.29 is 0 Å². The van der Waals surface area contributed by atoms with Crippen LogP contribution in [-0.4, -0.2) is 15.0 Å². The first-order valence-electron chi connectivity index (χ1n) is 1.63. The fourth-order valence-corrected chi connectivity index (χ4v) is 0.208. The first-order chi connectivity index (χ1) is 2.80. The number of H-pyrrole nitrogens is 1. The monoisotopic (exact) mass is 86.1 g/mol. The summed E-state index contributed by atoms with van der Waals surface area (Å²) in [5.74, 6) is 0.537. The summed E-state index contributed by atoms with van der Waals surface area (Å²) in [5.41, 5.74) is 5.14. The SMILES string of the molecule is Cn1[nH]nc1N. The van der Waals surface area contributed by atoms with E-state index in [1.165, 1.54) is 0 Å². The molecule has 6 heavy (non-hydrogen) atoms. The summed E-state index contributed by atoms with van der Waals surface area (Å²) in [5, 5.41) is 6.08. The topological polar surface area (TPSA) is 59.6 Å². The van der Waals surface area contributed by atoms with Crippen LogP contribution < -0.4 is 5.73 Å². The van der Waals surface area contributed by atoms with Crippen molar-refractivity contribution in [1.29, 1.82) is 0 Å². The molecule has 0 aliphatic rings. The van der Waals surface area contributed by atoms with Crippen LogP contribution in [0.25, 0.3) is 0 Å². The third kappa shape index (κ3) is 0.202. The first-order valence-corrected chi connectivity index (χ1v) is 1.63. The van der Waals surface area contributed by atoms with Crippen molar-refractivity contribution in [3.05, 3.63) is 0 Å². The number of aromatic nitrogens is 3. The van der Waals surface area contributed by atoms with Gasteiger partial charge in [-0.3, -0.25) is 0 Å². The molecule has 3 N–H and O–H groups in total. The number of aryl methyl sites for hydroxylation is 1. The maximum absolute atomic E-state index is 5.14. The van der Waals surface area contributed by atoms with Gasteiger partial charge in [-0.15, -0.1) is 5.10 Å². The highest BCUT2D eigenvalue weighted by molar-refractivity contribution is 5.10. The van der Waals surface area contributed by atoms with Crippen LogP contribution in [-0.2, 0) is 7.05 Å². The number of hydrogen-bond donors (Lipinski definition) is 2. The van der Waals surface area contributed by atoms with Gasteiger partial charge in [0, 0.05) is 7.05 Å². The van der Waals surface area contributed by atoms with Crippen LogP contribution in [0.3, 0.4) is 0 Å². The molecule has 0 atom stereocenters. The summed E-state index contributed by atoms with van der Waals surface area (Å²) in [4.78, 5) is 0. The van der Waals surface area contributed by atoms with E-state index in [0.717, 1.165) is 0 Å². The number of nitrogens with zero attached hydrogens (tertiary/aromatic N) is 2. The van der Waals surface area contributed by atoms with Gasteiger partial charge in [0.05, 0.1) is 0 Å². The van der Waals surface area contributed by atoms with Crippen molar-refractivity contribution in [2.45, 2.75) is 0 Å². The molecule has 0 bridgehead atoms. The zero-order chi connectivity index (χ0) is 4.57. The second-order valence-corrected chi connectivity index (χ2v) is 1.13. The highest BCUT2D eigenvalue weighted by atomic mass is 15.5. The fraction of sp³-hybridized carbons (Fsp3) is 0.500. The van der Waals surface area contributed by atoms with Gasteiger partial charge >= 0.3 is 0 Å². The molecule has 0 radical (unpaired) electrons. The summed E-state index contributed by atoms with van der Waals surface area (Å²) in [6.45, 7) is 0. The Kier molecular flexibility index (Phi) is 0.418. The normalized spacial score (nSPS) is 9.50. The smallest absolute Gasteiger partial charge is 0.235 e. The number of nitrogens with one attached hydrogen (secondary N) is 1. The van der Waals surface area contributed by atoms with E-state index in [-0.39, 0.29) is 0 Å². The van der Waals surface area contributed by atoms with Gasteiger partial charge in [-0.1, -0.05) is 0 Å². The average Bonchev–Trinajstić information content (AvgIpc) is 1.61. The predicted octanol–water partition coefficient (Wildman–Crippen LogP) is -0.670. The Morgan fingerprint density at radius 3 is 2.50 bits per heavy atom. The zero-order valence-electron chi connectivity index (χ0n) is 3.47. The Morgan fingerprint density at radius 1 is 2.00 bits per heavy atom. The fourth-order valence-electron chi connectivity index (χ4n) is 0.208. The first kappa shape index (κ1) is 3.27. The molecular weight excluding hydrogens is 80.0 g/mol. The molecule has 0 unspecified atom stereocenters. The summed E-state index contributed by atoms with van der Waals surface area (Å²) in [6.07, 6.45) is 0. The van der Waals surface area contributed by atoms with Crippen molar-refractivity contribution in [3.8, 4) is 0 Å². The van der Waals surface area contributed by atoms with Crippen LogP contribution >= 0.6 is 0 Å². The number of hydrogen-bond acceptors (Lipinski definition) is 2. The van der Waals surface area contributed by atoms with Gasteiger partial charge in [0.2, 0.25) is 5.95 Å². The van der Waals surface area contributed by atoms with Gasteiger partial charge in [0.1, 0.15) is 0 Å². The lowest BCUT2D eigenvalue weighted by atomic mass is 11.0. The molecule has 0 aliphatic carbocycles. The molecule has 0 amide bonds. The van der Waals surface area contributed by atoms with Crippen LogP contribution in [0.2, 0.25) is 0 Å². The Hall–Kier alpha value is -0.930. The number of nitrogens with two attached hydrogens (primary N) is 1. The molecule has 1 aromatic heterocycles. The third-order valence-corrected chi connectivity index (χ3v) is 0.658. The molecule has 0 saturated heterocycles. The van der Waals surface area contributed by atoms with E-state index >= 15 is 0 Å². The van der Waals surface area contributed by atoms with Gasteiger partial charge < -0.3 is 5.73 Å². The van der Waals surface area contributed by atoms with E-state index in [0.29, 0.717) is 5.95 Å². The summed E-state index contributed by atoms with van der Waals surface area (Å²) >= 11 is 0. The van der Waals surface area contributed by atoms with Crippen molar-refractivity contribution >= 4 is 5.95 Å². The minimum Gasteiger partial charge on any atom is -0.367 e. The molecule has 4 nitrogen and oxygen atoms in total. The lowest BCUT2D eigenvalue weighted by molar-refractivity contribution is 0.598.